The van der Waals surface area contributed by atoms with Crippen LogP contribution < -0.4 is 16.0 Å². The van der Waals surface area contributed by atoms with Crippen molar-refractivity contribution in [2.24, 2.45) is 10.7 Å². The molecule has 0 amide bonds. The normalized spacial score (nSPS) is 14.6. The minimum absolute atomic E-state index is 0.491. The van der Waals surface area contributed by atoms with Crippen molar-refractivity contribution in [1.82, 2.24) is 5.32 Å². The van der Waals surface area contributed by atoms with Gasteiger partial charge in [0.2, 0.25) is 0 Å². The summed E-state index contributed by atoms with van der Waals surface area (Å²) in [7, 11) is 0. The maximum absolute atomic E-state index is 5.87. The zero-order chi connectivity index (χ0) is 15.6. The molecule has 3 N–H and O–H groups in total. The van der Waals surface area contributed by atoms with E-state index in [9.17, 15) is 0 Å². The number of benzene rings is 1. The second kappa shape index (κ2) is 9.10. The van der Waals surface area contributed by atoms with E-state index in [0.717, 1.165) is 39.3 Å². The first-order chi connectivity index (χ1) is 10.8. The Bertz CT molecular complexity index is 505. The van der Waals surface area contributed by atoms with E-state index < -0.39 is 0 Å². The van der Waals surface area contributed by atoms with E-state index in [1.165, 1.54) is 11.3 Å². The molecule has 1 aliphatic rings. The molecule has 1 heterocycles. The van der Waals surface area contributed by atoms with Gasteiger partial charge in [-0.2, -0.15) is 0 Å². The predicted octanol–water partition coefficient (Wildman–Crippen LogP) is 1.89. The second-order valence-corrected chi connectivity index (χ2v) is 5.23. The van der Waals surface area contributed by atoms with Crippen LogP contribution in [0.25, 0.3) is 0 Å². The zero-order valence-corrected chi connectivity index (χ0v) is 13.3. The Morgan fingerprint density at radius 3 is 2.95 bits per heavy atom. The molecule has 2 rings (SSSR count). The average molecular weight is 302 g/mol. The lowest BCUT2D eigenvalue weighted by Crippen LogP contribution is -2.32. The maximum atomic E-state index is 5.87. The van der Waals surface area contributed by atoms with Gasteiger partial charge in [0.15, 0.2) is 5.96 Å². The highest BCUT2D eigenvalue weighted by molar-refractivity contribution is 5.77. The van der Waals surface area contributed by atoms with Gasteiger partial charge in [0.1, 0.15) is 0 Å². The predicted molar refractivity (Wildman–Crippen MR) is 92.2 cm³/mol. The molecule has 0 fully saturated rings. The van der Waals surface area contributed by atoms with Gasteiger partial charge in [0, 0.05) is 38.5 Å². The van der Waals surface area contributed by atoms with Crippen molar-refractivity contribution >= 4 is 11.6 Å². The van der Waals surface area contributed by atoms with E-state index >= 15 is 0 Å². The second-order valence-electron chi connectivity index (χ2n) is 5.23. The van der Waals surface area contributed by atoms with E-state index in [-0.39, 0.29) is 0 Å². The van der Waals surface area contributed by atoms with Crippen LogP contribution in [0.3, 0.4) is 0 Å². The third-order valence-electron chi connectivity index (χ3n) is 3.50. The van der Waals surface area contributed by atoms with Gasteiger partial charge >= 0.3 is 0 Å². The van der Waals surface area contributed by atoms with Crippen molar-refractivity contribution in [3.63, 3.8) is 0 Å². The lowest BCUT2D eigenvalue weighted by Gasteiger charge is -2.18. The van der Waals surface area contributed by atoms with Crippen LogP contribution in [-0.2, 0) is 11.3 Å². The van der Waals surface area contributed by atoms with Crippen molar-refractivity contribution in [2.45, 2.75) is 19.9 Å². The van der Waals surface area contributed by atoms with Gasteiger partial charge in [0.25, 0.3) is 0 Å². The van der Waals surface area contributed by atoms with E-state index in [4.69, 9.17) is 10.5 Å². The molecule has 120 valence electrons. The summed E-state index contributed by atoms with van der Waals surface area (Å²) in [6.45, 7) is 6.85. The van der Waals surface area contributed by atoms with Crippen LogP contribution in [0.1, 0.15) is 18.9 Å². The molecule has 0 radical (unpaired) electrons. The van der Waals surface area contributed by atoms with Gasteiger partial charge in [-0.3, -0.25) is 0 Å². The van der Waals surface area contributed by atoms with Crippen LogP contribution in [0, 0.1) is 0 Å². The summed E-state index contributed by atoms with van der Waals surface area (Å²) in [6, 6.07) is 8.47. The molecule has 0 aromatic heterocycles. The van der Waals surface area contributed by atoms with Crippen molar-refractivity contribution in [3.05, 3.63) is 42.0 Å². The average Bonchev–Trinajstić information content (AvgIpc) is 3.07. The maximum Gasteiger partial charge on any atom is 0.188 e. The molecule has 0 saturated heterocycles. The Morgan fingerprint density at radius 2 is 2.18 bits per heavy atom. The lowest BCUT2D eigenvalue weighted by molar-refractivity contribution is 0.145. The van der Waals surface area contributed by atoms with Crippen LogP contribution in [0.15, 0.2) is 41.4 Å². The highest BCUT2D eigenvalue weighted by atomic mass is 16.5. The van der Waals surface area contributed by atoms with E-state index in [1.807, 2.05) is 6.92 Å². The molecule has 5 nitrogen and oxygen atoms in total. The molecule has 1 aromatic carbocycles. The number of hydrogen-bond donors (Lipinski definition) is 2. The van der Waals surface area contributed by atoms with Crippen molar-refractivity contribution in [1.29, 1.82) is 0 Å². The quantitative estimate of drug-likeness (QED) is 0.333. The number of anilines is 1. The number of guanidine groups is 1. The number of hydrogen-bond acceptors (Lipinski definition) is 3. The number of ether oxygens (including phenoxy) is 1. The molecule has 22 heavy (non-hydrogen) atoms. The zero-order valence-electron chi connectivity index (χ0n) is 13.3. The standard InChI is InChI=1S/C17H26N4O/c1-2-22-12-6-9-19-17(18)20-14-15-7-5-8-16(13-15)21-10-3-4-11-21/h3-5,7-8,13H,2,6,9-12,14H2,1H3,(H3,18,19,20). The van der Waals surface area contributed by atoms with Gasteiger partial charge < -0.3 is 20.7 Å². The largest absolute Gasteiger partial charge is 0.382 e. The molecular weight excluding hydrogens is 276 g/mol. The molecule has 5 heteroatoms. The Hall–Kier alpha value is -2.01. The molecule has 0 saturated carbocycles. The summed E-state index contributed by atoms with van der Waals surface area (Å²) in [6.07, 6.45) is 5.31. The molecule has 0 spiro atoms. The van der Waals surface area contributed by atoms with Gasteiger partial charge in [-0.15, -0.1) is 0 Å². The Morgan fingerprint density at radius 1 is 1.36 bits per heavy atom. The minimum atomic E-state index is 0.491. The van der Waals surface area contributed by atoms with E-state index in [2.05, 4.69) is 51.6 Å². The van der Waals surface area contributed by atoms with Gasteiger partial charge in [-0.1, -0.05) is 24.3 Å². The van der Waals surface area contributed by atoms with Crippen LogP contribution in [0.5, 0.6) is 0 Å². The molecule has 0 aliphatic carbocycles. The molecule has 0 bridgehead atoms. The first kappa shape index (κ1) is 16.4. The molecule has 0 unspecified atom stereocenters. The summed E-state index contributed by atoms with van der Waals surface area (Å²) < 4.78 is 5.28. The van der Waals surface area contributed by atoms with Crippen molar-refractivity contribution in [2.75, 3.05) is 37.7 Å². The smallest absolute Gasteiger partial charge is 0.188 e. The summed E-state index contributed by atoms with van der Waals surface area (Å²) >= 11 is 0. The number of aliphatic imine (C=N–C) groups is 1. The van der Waals surface area contributed by atoms with Gasteiger partial charge in [0.05, 0.1) is 6.54 Å². The number of nitrogens with one attached hydrogen (secondary N) is 1. The van der Waals surface area contributed by atoms with Crippen LogP contribution in [0.4, 0.5) is 5.69 Å². The summed E-state index contributed by atoms with van der Waals surface area (Å²) in [5, 5.41) is 3.11. The Balaban J connectivity index is 1.77. The SMILES string of the molecule is CCOCCCNC(N)=NCc1cccc(N2CC=CC2)c1. The van der Waals surface area contributed by atoms with Crippen molar-refractivity contribution < 1.29 is 4.74 Å². The highest BCUT2D eigenvalue weighted by Crippen LogP contribution is 2.18. The van der Waals surface area contributed by atoms with Gasteiger partial charge in [-0.25, -0.2) is 4.99 Å². The monoisotopic (exact) mass is 302 g/mol. The fraction of sp³-hybridized carbons (Fsp3) is 0.471. The fourth-order valence-corrected chi connectivity index (χ4v) is 2.31. The highest BCUT2D eigenvalue weighted by Gasteiger charge is 2.07. The first-order valence-corrected chi connectivity index (χ1v) is 7.90. The molecule has 1 aromatic rings. The first-order valence-electron chi connectivity index (χ1n) is 7.90. The molecule has 1 aliphatic heterocycles. The number of rotatable bonds is 8. The summed E-state index contributed by atoms with van der Waals surface area (Å²) in [5.41, 5.74) is 8.28. The third kappa shape index (κ3) is 5.41. The number of nitrogens with two attached hydrogens (primary N) is 1. The topological polar surface area (TPSA) is 62.9 Å². The Kier molecular flexibility index (Phi) is 6.77. The fourth-order valence-electron chi connectivity index (χ4n) is 2.31. The van der Waals surface area contributed by atoms with E-state index in [0.29, 0.717) is 12.5 Å². The summed E-state index contributed by atoms with van der Waals surface area (Å²) in [4.78, 5) is 6.71. The minimum Gasteiger partial charge on any atom is -0.382 e. The molecule has 0 atom stereocenters. The number of nitrogens with zero attached hydrogens (tertiary/aromatic N) is 2. The van der Waals surface area contributed by atoms with Crippen LogP contribution in [0.2, 0.25) is 0 Å². The Labute approximate surface area is 132 Å². The molecular formula is C17H26N4O. The van der Waals surface area contributed by atoms with E-state index in [1.54, 1.807) is 0 Å². The lowest BCUT2D eigenvalue weighted by atomic mass is 10.2. The van der Waals surface area contributed by atoms with Gasteiger partial charge in [-0.05, 0) is 31.0 Å². The van der Waals surface area contributed by atoms with Crippen LogP contribution in [-0.4, -0.2) is 38.8 Å². The van der Waals surface area contributed by atoms with Crippen molar-refractivity contribution in [3.8, 4) is 0 Å². The van der Waals surface area contributed by atoms with Crippen LogP contribution >= 0.6 is 0 Å². The third-order valence-corrected chi connectivity index (χ3v) is 3.50. The summed E-state index contributed by atoms with van der Waals surface area (Å²) in [5.74, 6) is 0.491.